The highest BCUT2D eigenvalue weighted by molar-refractivity contribution is 7.99. The van der Waals surface area contributed by atoms with E-state index in [9.17, 15) is 26.3 Å². The summed E-state index contributed by atoms with van der Waals surface area (Å²) in [6.45, 7) is 2.01. The van der Waals surface area contributed by atoms with Crippen molar-refractivity contribution in [1.82, 2.24) is 0 Å². The predicted octanol–water partition coefficient (Wildman–Crippen LogP) is 9.04. The molecule has 4 aromatic rings. The van der Waals surface area contributed by atoms with Crippen LogP contribution in [0.5, 0.6) is 11.5 Å². The maximum absolute atomic E-state index is 12.6. The van der Waals surface area contributed by atoms with E-state index in [1.807, 2.05) is 55.5 Å². The molecule has 0 aromatic heterocycles. The van der Waals surface area contributed by atoms with Crippen molar-refractivity contribution >= 4 is 22.7 Å². The molecule has 37 heavy (non-hydrogen) atoms. The number of alkyl halides is 6. The summed E-state index contributed by atoms with van der Waals surface area (Å²) in [7, 11) is -0.818. The molecule has 0 saturated carbocycles. The van der Waals surface area contributed by atoms with Crippen molar-refractivity contribution in [2.75, 3.05) is 0 Å². The Labute approximate surface area is 216 Å². The van der Waals surface area contributed by atoms with E-state index in [1.54, 1.807) is 11.8 Å². The maximum Gasteiger partial charge on any atom is 0.573 e. The molecular weight excluding hydrogens is 534 g/mol. The van der Waals surface area contributed by atoms with Gasteiger partial charge in [-0.3, -0.25) is 0 Å². The van der Waals surface area contributed by atoms with Crippen molar-refractivity contribution in [3.8, 4) is 11.5 Å². The van der Waals surface area contributed by atoms with Crippen LogP contribution in [0.15, 0.2) is 122 Å². The van der Waals surface area contributed by atoms with Crippen molar-refractivity contribution in [1.29, 1.82) is 0 Å². The second kappa shape index (κ2) is 11.0. The van der Waals surface area contributed by atoms with Gasteiger partial charge in [0.2, 0.25) is 0 Å². The maximum atomic E-state index is 12.6. The largest absolute Gasteiger partial charge is 0.573 e. The Kier molecular flexibility index (Phi) is 7.99. The molecular formula is C27H19F6O2S2+. The van der Waals surface area contributed by atoms with Gasteiger partial charge in [-0.15, -0.1) is 26.3 Å². The Morgan fingerprint density at radius 3 is 1.19 bits per heavy atom. The molecule has 0 heterocycles. The van der Waals surface area contributed by atoms with Gasteiger partial charge in [0.05, 0.1) is 10.9 Å². The van der Waals surface area contributed by atoms with Crippen LogP contribution in [0.3, 0.4) is 0 Å². The Morgan fingerprint density at radius 2 is 0.838 bits per heavy atom. The molecule has 0 unspecified atom stereocenters. The fourth-order valence-corrected chi connectivity index (χ4v) is 6.21. The molecule has 0 N–H and O–H groups in total. The van der Waals surface area contributed by atoms with Crippen LogP contribution >= 0.6 is 11.8 Å². The number of ether oxygens (including phenoxy) is 2. The van der Waals surface area contributed by atoms with Gasteiger partial charge in [-0.1, -0.05) is 29.5 Å². The third-order valence-electron chi connectivity index (χ3n) is 4.90. The highest BCUT2D eigenvalue weighted by Crippen LogP contribution is 2.36. The summed E-state index contributed by atoms with van der Waals surface area (Å²) in [5.74, 6) is -0.725. The van der Waals surface area contributed by atoms with Gasteiger partial charge in [0, 0.05) is 9.79 Å². The molecule has 2 nitrogen and oxygen atoms in total. The molecule has 192 valence electrons. The minimum Gasteiger partial charge on any atom is -0.406 e. The van der Waals surface area contributed by atoms with Crippen LogP contribution in [0.1, 0.15) is 5.56 Å². The van der Waals surface area contributed by atoms with Gasteiger partial charge in [-0.25, -0.2) is 0 Å². The van der Waals surface area contributed by atoms with Crippen LogP contribution in [-0.4, -0.2) is 12.7 Å². The lowest BCUT2D eigenvalue weighted by atomic mass is 10.2. The number of aryl methyl sites for hydroxylation is 1. The molecule has 0 aliphatic heterocycles. The van der Waals surface area contributed by atoms with Gasteiger partial charge in [0.25, 0.3) is 0 Å². The first kappa shape index (κ1) is 26.8. The first-order valence-corrected chi connectivity index (χ1v) is 12.8. The molecule has 0 radical (unpaired) electrons. The molecule has 0 saturated heterocycles. The Morgan fingerprint density at radius 1 is 0.514 bits per heavy atom. The first-order chi connectivity index (χ1) is 17.4. The van der Waals surface area contributed by atoms with E-state index in [0.29, 0.717) is 9.79 Å². The highest BCUT2D eigenvalue weighted by atomic mass is 32.2. The van der Waals surface area contributed by atoms with Gasteiger partial charge in [-0.05, 0) is 91.9 Å². The lowest BCUT2D eigenvalue weighted by Gasteiger charge is -2.12. The molecule has 0 aliphatic carbocycles. The van der Waals surface area contributed by atoms with E-state index in [0.717, 1.165) is 20.2 Å². The Hall–Kier alpha value is -3.24. The molecule has 10 heteroatoms. The molecule has 0 aliphatic rings. The number of hydrogen-bond acceptors (Lipinski definition) is 3. The van der Waals surface area contributed by atoms with Gasteiger partial charge < -0.3 is 9.47 Å². The number of rotatable bonds is 7. The molecule has 4 aromatic carbocycles. The number of benzene rings is 4. The molecule has 0 bridgehead atoms. The average Bonchev–Trinajstić information content (AvgIpc) is 2.82. The molecule has 0 spiro atoms. The quantitative estimate of drug-likeness (QED) is 0.168. The zero-order chi connectivity index (χ0) is 26.6. The van der Waals surface area contributed by atoms with Crippen LogP contribution in [-0.2, 0) is 10.9 Å². The third kappa shape index (κ3) is 7.87. The van der Waals surface area contributed by atoms with Gasteiger partial charge in [0.1, 0.15) is 11.5 Å². The van der Waals surface area contributed by atoms with Crippen LogP contribution < -0.4 is 9.47 Å². The van der Waals surface area contributed by atoms with Crippen molar-refractivity contribution in [2.45, 2.75) is 44.1 Å². The summed E-state index contributed by atoms with van der Waals surface area (Å²) in [6, 6.07) is 26.7. The lowest BCUT2D eigenvalue weighted by molar-refractivity contribution is -0.275. The van der Waals surface area contributed by atoms with Crippen LogP contribution in [0.25, 0.3) is 0 Å². The van der Waals surface area contributed by atoms with Gasteiger partial charge in [-0.2, -0.15) is 0 Å². The zero-order valence-electron chi connectivity index (χ0n) is 19.1. The van der Waals surface area contributed by atoms with E-state index in [1.165, 1.54) is 48.5 Å². The van der Waals surface area contributed by atoms with Gasteiger partial charge in [0.15, 0.2) is 14.7 Å². The summed E-state index contributed by atoms with van der Waals surface area (Å²) in [5.41, 5.74) is 1.15. The molecule has 0 atom stereocenters. The standard InChI is InChI=1S/C27H19F6O2S2/c1-18-2-8-21(9-3-18)36-22-10-16-25(17-11-22)37(23-12-4-19(5-13-23)34-26(28,29)30)24-14-6-20(7-15-24)35-27(31,32)33/h2-17H,1H3/q+1. The fraction of sp³-hybridized carbons (Fsp3) is 0.111. The lowest BCUT2D eigenvalue weighted by Crippen LogP contribution is -2.17. The summed E-state index contributed by atoms with van der Waals surface area (Å²) in [6.07, 6.45) is -9.63. The second-order valence-electron chi connectivity index (χ2n) is 7.73. The second-order valence-corrected chi connectivity index (χ2v) is 10.9. The Balaban J connectivity index is 1.64. The molecule has 0 fully saturated rings. The van der Waals surface area contributed by atoms with E-state index in [-0.39, 0.29) is 11.5 Å². The SMILES string of the molecule is Cc1ccc(Sc2ccc([S+](c3ccc(OC(F)(F)F)cc3)c3ccc(OC(F)(F)F)cc3)cc2)cc1. The smallest absolute Gasteiger partial charge is 0.406 e. The zero-order valence-corrected chi connectivity index (χ0v) is 20.8. The number of hydrogen-bond donors (Lipinski definition) is 0. The summed E-state index contributed by atoms with van der Waals surface area (Å²) >= 11 is 1.58. The Bertz CT molecular complexity index is 1240. The van der Waals surface area contributed by atoms with Crippen LogP contribution in [0.4, 0.5) is 26.3 Å². The van der Waals surface area contributed by atoms with Gasteiger partial charge >= 0.3 is 12.7 Å². The van der Waals surface area contributed by atoms with Crippen molar-refractivity contribution in [3.63, 3.8) is 0 Å². The van der Waals surface area contributed by atoms with Crippen molar-refractivity contribution in [2.24, 2.45) is 0 Å². The monoisotopic (exact) mass is 553 g/mol. The fourth-order valence-electron chi connectivity index (χ4n) is 3.35. The minimum absolute atomic E-state index is 0.362. The average molecular weight is 554 g/mol. The van der Waals surface area contributed by atoms with E-state index in [2.05, 4.69) is 9.47 Å². The van der Waals surface area contributed by atoms with Crippen LogP contribution in [0.2, 0.25) is 0 Å². The first-order valence-electron chi connectivity index (χ1n) is 10.8. The minimum atomic E-state index is -4.82. The van der Waals surface area contributed by atoms with Crippen LogP contribution in [0, 0.1) is 6.92 Å². The topological polar surface area (TPSA) is 18.5 Å². The van der Waals surface area contributed by atoms with E-state index >= 15 is 0 Å². The highest BCUT2D eigenvalue weighted by Gasteiger charge is 2.34. The third-order valence-corrected chi connectivity index (χ3v) is 8.15. The number of halogens is 6. The van der Waals surface area contributed by atoms with E-state index < -0.39 is 23.6 Å². The normalized spacial score (nSPS) is 12.0. The van der Waals surface area contributed by atoms with E-state index in [4.69, 9.17) is 0 Å². The molecule has 0 amide bonds. The van der Waals surface area contributed by atoms with Crippen molar-refractivity contribution in [3.05, 3.63) is 103 Å². The summed E-state index contributed by atoms with van der Waals surface area (Å²) in [4.78, 5) is 4.22. The summed E-state index contributed by atoms with van der Waals surface area (Å²) < 4.78 is 83.4. The summed E-state index contributed by atoms with van der Waals surface area (Å²) in [5, 5.41) is 0. The van der Waals surface area contributed by atoms with Crippen molar-refractivity contribution < 1.29 is 35.8 Å². The molecule has 4 rings (SSSR count). The predicted molar refractivity (Wildman–Crippen MR) is 130 cm³/mol.